The van der Waals surface area contributed by atoms with Gasteiger partial charge in [-0.15, -0.1) is 5.10 Å². The fourth-order valence-corrected chi connectivity index (χ4v) is 1.48. The lowest BCUT2D eigenvalue weighted by molar-refractivity contribution is 0.0586. The molecule has 19 heavy (non-hydrogen) atoms. The van der Waals surface area contributed by atoms with Gasteiger partial charge in [-0.25, -0.2) is 23.6 Å². The molecule has 0 amide bonds. The summed E-state index contributed by atoms with van der Waals surface area (Å²) >= 11 is 0. The van der Waals surface area contributed by atoms with Gasteiger partial charge < -0.3 is 9.84 Å². The highest BCUT2D eigenvalue weighted by atomic mass is 19.1. The zero-order chi connectivity index (χ0) is 14.0. The minimum atomic E-state index is -1.44. The van der Waals surface area contributed by atoms with E-state index in [0.29, 0.717) is 0 Å². The molecule has 0 saturated heterocycles. The topological polar surface area (TPSA) is 94.3 Å². The Morgan fingerprint density at radius 1 is 1.42 bits per heavy atom. The highest BCUT2D eigenvalue weighted by Gasteiger charge is 2.19. The standard InChI is InChI=1S/C11H8FN3O4/c1-19-11(18)9-13-5-15(14-9)7-4-2-3-6(12)8(7)10(16)17/h2-5H,1H3,(H,16,17). The second-order valence-electron chi connectivity index (χ2n) is 3.44. The van der Waals surface area contributed by atoms with Crippen LogP contribution in [-0.2, 0) is 4.74 Å². The van der Waals surface area contributed by atoms with E-state index in [-0.39, 0.29) is 11.5 Å². The van der Waals surface area contributed by atoms with E-state index in [1.54, 1.807) is 0 Å². The number of carbonyl (C=O) groups is 2. The second-order valence-corrected chi connectivity index (χ2v) is 3.44. The van der Waals surface area contributed by atoms with Crippen molar-refractivity contribution in [3.8, 4) is 5.69 Å². The summed E-state index contributed by atoms with van der Waals surface area (Å²) < 4.78 is 18.9. The molecule has 0 aliphatic heterocycles. The van der Waals surface area contributed by atoms with Crippen molar-refractivity contribution in [2.24, 2.45) is 0 Å². The summed E-state index contributed by atoms with van der Waals surface area (Å²) in [5.74, 6) is -3.36. The fourth-order valence-electron chi connectivity index (χ4n) is 1.48. The summed E-state index contributed by atoms with van der Waals surface area (Å²) in [5.41, 5.74) is -0.584. The molecule has 0 atom stereocenters. The highest BCUT2D eigenvalue weighted by molar-refractivity contribution is 5.92. The average Bonchev–Trinajstić information content (AvgIpc) is 2.86. The summed E-state index contributed by atoms with van der Waals surface area (Å²) in [4.78, 5) is 25.9. The van der Waals surface area contributed by atoms with Gasteiger partial charge in [-0.05, 0) is 12.1 Å². The summed E-state index contributed by atoms with van der Waals surface area (Å²) in [5, 5.41) is 12.7. The van der Waals surface area contributed by atoms with Crippen molar-refractivity contribution in [3.63, 3.8) is 0 Å². The number of nitrogens with zero attached hydrogens (tertiary/aromatic N) is 3. The van der Waals surface area contributed by atoms with Gasteiger partial charge >= 0.3 is 11.9 Å². The highest BCUT2D eigenvalue weighted by Crippen LogP contribution is 2.17. The number of benzene rings is 1. The number of methoxy groups -OCH3 is 1. The number of rotatable bonds is 3. The Hall–Kier alpha value is -2.77. The van der Waals surface area contributed by atoms with Gasteiger partial charge in [0.2, 0.25) is 0 Å². The Morgan fingerprint density at radius 2 is 2.16 bits per heavy atom. The Balaban J connectivity index is 2.53. The van der Waals surface area contributed by atoms with Crippen LogP contribution in [0.2, 0.25) is 0 Å². The van der Waals surface area contributed by atoms with Gasteiger partial charge in [0.25, 0.3) is 5.82 Å². The average molecular weight is 265 g/mol. The van der Waals surface area contributed by atoms with Gasteiger partial charge in [0.1, 0.15) is 17.7 Å². The third-order valence-corrected chi connectivity index (χ3v) is 2.31. The minimum absolute atomic E-state index is 0.0323. The van der Waals surface area contributed by atoms with E-state index in [2.05, 4.69) is 14.8 Å². The number of hydrogen-bond donors (Lipinski definition) is 1. The number of aromatic nitrogens is 3. The van der Waals surface area contributed by atoms with Crippen LogP contribution in [0.15, 0.2) is 24.5 Å². The Bertz CT molecular complexity index is 653. The Labute approximate surface area is 106 Å². The summed E-state index contributed by atoms with van der Waals surface area (Å²) in [6, 6.07) is 3.70. The van der Waals surface area contributed by atoms with Crippen molar-refractivity contribution in [1.82, 2.24) is 14.8 Å². The first kappa shape index (κ1) is 12.7. The number of ether oxygens (including phenoxy) is 1. The van der Waals surface area contributed by atoms with Gasteiger partial charge in [-0.3, -0.25) is 0 Å². The largest absolute Gasteiger partial charge is 0.478 e. The number of esters is 1. The van der Waals surface area contributed by atoms with E-state index < -0.39 is 23.3 Å². The van der Waals surface area contributed by atoms with E-state index in [4.69, 9.17) is 5.11 Å². The normalized spacial score (nSPS) is 10.2. The second kappa shape index (κ2) is 4.84. The van der Waals surface area contributed by atoms with Crippen LogP contribution in [0.5, 0.6) is 0 Å². The molecule has 0 radical (unpaired) electrons. The number of halogens is 1. The van der Waals surface area contributed by atoms with Crippen LogP contribution in [0.1, 0.15) is 21.0 Å². The minimum Gasteiger partial charge on any atom is -0.478 e. The lowest BCUT2D eigenvalue weighted by atomic mass is 10.1. The van der Waals surface area contributed by atoms with Gasteiger partial charge in [0, 0.05) is 0 Å². The predicted octanol–water partition coefficient (Wildman–Crippen LogP) is 0.891. The van der Waals surface area contributed by atoms with E-state index >= 15 is 0 Å². The van der Waals surface area contributed by atoms with Crippen LogP contribution in [0.25, 0.3) is 5.69 Å². The molecule has 0 aliphatic rings. The van der Waals surface area contributed by atoms with E-state index in [1.807, 2.05) is 0 Å². The molecule has 2 aromatic rings. The molecule has 7 nitrogen and oxygen atoms in total. The first-order chi connectivity index (χ1) is 9.04. The first-order valence-electron chi connectivity index (χ1n) is 5.06. The number of carbonyl (C=O) groups excluding carboxylic acids is 1. The van der Waals surface area contributed by atoms with Gasteiger partial charge in [0.15, 0.2) is 0 Å². The van der Waals surface area contributed by atoms with Crippen molar-refractivity contribution < 1.29 is 23.8 Å². The maximum atomic E-state index is 13.5. The van der Waals surface area contributed by atoms with Gasteiger partial charge in [0.05, 0.1) is 12.8 Å². The van der Waals surface area contributed by atoms with Gasteiger partial charge in [-0.2, -0.15) is 0 Å². The number of hydrogen-bond acceptors (Lipinski definition) is 5. The summed E-state index contributed by atoms with van der Waals surface area (Å²) in [7, 11) is 1.16. The molecule has 0 unspecified atom stereocenters. The van der Waals surface area contributed by atoms with Crippen molar-refractivity contribution in [2.45, 2.75) is 0 Å². The number of carboxylic acid groups (broad SMARTS) is 1. The lowest BCUT2D eigenvalue weighted by Crippen LogP contribution is -2.10. The Kier molecular flexibility index (Phi) is 3.23. The molecule has 0 fully saturated rings. The molecule has 0 spiro atoms. The van der Waals surface area contributed by atoms with E-state index in [1.165, 1.54) is 12.1 Å². The molecule has 0 saturated carbocycles. The van der Waals surface area contributed by atoms with Crippen molar-refractivity contribution in [2.75, 3.05) is 7.11 Å². The maximum Gasteiger partial charge on any atom is 0.377 e. The number of aromatic carboxylic acids is 1. The SMILES string of the molecule is COC(=O)c1ncn(-c2cccc(F)c2C(=O)O)n1. The molecule has 1 aromatic carbocycles. The number of carboxylic acids is 1. The molecule has 2 rings (SSSR count). The monoisotopic (exact) mass is 265 g/mol. The molecule has 1 N–H and O–H groups in total. The van der Waals surface area contributed by atoms with Crippen LogP contribution in [0.3, 0.4) is 0 Å². The summed E-state index contributed by atoms with van der Waals surface area (Å²) in [6.07, 6.45) is 1.10. The first-order valence-corrected chi connectivity index (χ1v) is 5.06. The predicted molar refractivity (Wildman–Crippen MR) is 59.6 cm³/mol. The molecule has 8 heteroatoms. The quantitative estimate of drug-likeness (QED) is 0.828. The third kappa shape index (κ3) is 2.28. The summed E-state index contributed by atoms with van der Waals surface area (Å²) in [6.45, 7) is 0. The molecule has 1 aromatic heterocycles. The maximum absolute atomic E-state index is 13.5. The smallest absolute Gasteiger partial charge is 0.377 e. The van der Waals surface area contributed by atoms with Crippen LogP contribution < -0.4 is 0 Å². The van der Waals surface area contributed by atoms with Crippen LogP contribution in [0, 0.1) is 5.82 Å². The molecule has 0 aliphatic carbocycles. The van der Waals surface area contributed by atoms with Crippen molar-refractivity contribution in [3.05, 3.63) is 41.7 Å². The van der Waals surface area contributed by atoms with Crippen LogP contribution in [0.4, 0.5) is 4.39 Å². The molecule has 98 valence electrons. The molecular weight excluding hydrogens is 257 g/mol. The third-order valence-electron chi connectivity index (χ3n) is 2.31. The van der Waals surface area contributed by atoms with Gasteiger partial charge in [-0.1, -0.05) is 6.07 Å². The Morgan fingerprint density at radius 3 is 2.79 bits per heavy atom. The molecule has 1 heterocycles. The molecular formula is C11H8FN3O4. The zero-order valence-corrected chi connectivity index (χ0v) is 9.70. The van der Waals surface area contributed by atoms with Crippen LogP contribution >= 0.6 is 0 Å². The fraction of sp³-hybridized carbons (Fsp3) is 0.0909. The van der Waals surface area contributed by atoms with E-state index in [9.17, 15) is 14.0 Å². The van der Waals surface area contributed by atoms with Crippen molar-refractivity contribution >= 4 is 11.9 Å². The van der Waals surface area contributed by atoms with E-state index in [0.717, 1.165) is 24.2 Å². The van der Waals surface area contributed by atoms with Crippen molar-refractivity contribution in [1.29, 1.82) is 0 Å². The molecule has 0 bridgehead atoms. The lowest BCUT2D eigenvalue weighted by Gasteiger charge is -2.05. The van der Waals surface area contributed by atoms with Crippen LogP contribution in [-0.4, -0.2) is 38.9 Å². The zero-order valence-electron chi connectivity index (χ0n) is 9.70.